The second-order valence-corrected chi connectivity index (χ2v) is 3.64. The van der Waals surface area contributed by atoms with Crippen molar-refractivity contribution in [3.8, 4) is 0 Å². The van der Waals surface area contributed by atoms with Crippen molar-refractivity contribution < 1.29 is 14.3 Å². The average molecular weight is 224 g/mol. The summed E-state index contributed by atoms with van der Waals surface area (Å²) in [6.07, 6.45) is 0. The Labute approximate surface area is 94.4 Å². The highest BCUT2D eigenvalue weighted by atomic mass is 16.5. The van der Waals surface area contributed by atoms with Crippen LogP contribution in [0, 0.1) is 6.92 Å². The molecule has 5 heteroatoms. The number of aryl methyl sites for hydroxylation is 1. The number of nitrogens with one attached hydrogen (secondary N) is 1. The van der Waals surface area contributed by atoms with Gasteiger partial charge in [0, 0.05) is 12.7 Å². The summed E-state index contributed by atoms with van der Waals surface area (Å²) in [5.41, 5.74) is 1.50. The Bertz CT molecular complexity index is 409. The van der Waals surface area contributed by atoms with Crippen LogP contribution in [0.15, 0.2) is 12.1 Å². The van der Waals surface area contributed by atoms with Gasteiger partial charge in [-0.3, -0.25) is 4.79 Å². The molecular formula is C11H16N2O3. The largest absolute Gasteiger partial charge is 0.467 e. The summed E-state index contributed by atoms with van der Waals surface area (Å²) in [6, 6.07) is 2.92. The van der Waals surface area contributed by atoms with Crippen molar-refractivity contribution in [3.05, 3.63) is 23.5 Å². The first kappa shape index (κ1) is 12.3. The minimum absolute atomic E-state index is 0.284. The zero-order chi connectivity index (χ0) is 12.3. The summed E-state index contributed by atoms with van der Waals surface area (Å²) in [4.78, 5) is 22.9. The van der Waals surface area contributed by atoms with E-state index in [9.17, 15) is 9.59 Å². The number of carbonyl (C=O) groups excluding carboxylic acids is 2. The van der Waals surface area contributed by atoms with Gasteiger partial charge < -0.3 is 14.6 Å². The van der Waals surface area contributed by atoms with Crippen molar-refractivity contribution in [2.45, 2.75) is 19.9 Å². The molecule has 0 unspecified atom stereocenters. The Hall–Kier alpha value is -1.78. The summed E-state index contributed by atoms with van der Waals surface area (Å²) in [5.74, 6) is -0.743. The van der Waals surface area contributed by atoms with E-state index in [4.69, 9.17) is 0 Å². The molecule has 5 nitrogen and oxygen atoms in total. The molecule has 0 aliphatic carbocycles. The molecule has 1 rings (SSSR count). The third-order valence-corrected chi connectivity index (χ3v) is 2.51. The SMILES string of the molecule is COC(=O)[C@H](C)NC(=O)c1ccc(C)n1C. The molecular weight excluding hydrogens is 208 g/mol. The van der Waals surface area contributed by atoms with E-state index >= 15 is 0 Å². The van der Waals surface area contributed by atoms with E-state index in [1.165, 1.54) is 7.11 Å². The number of methoxy groups -OCH3 is 1. The lowest BCUT2D eigenvalue weighted by atomic mass is 10.3. The van der Waals surface area contributed by atoms with Gasteiger partial charge in [-0.15, -0.1) is 0 Å². The topological polar surface area (TPSA) is 60.3 Å². The van der Waals surface area contributed by atoms with Crippen molar-refractivity contribution in [1.82, 2.24) is 9.88 Å². The van der Waals surface area contributed by atoms with Crippen molar-refractivity contribution in [2.24, 2.45) is 7.05 Å². The van der Waals surface area contributed by atoms with Crippen LogP contribution in [0.1, 0.15) is 23.1 Å². The normalized spacial score (nSPS) is 12.0. The van der Waals surface area contributed by atoms with E-state index in [1.54, 1.807) is 24.6 Å². The lowest BCUT2D eigenvalue weighted by Crippen LogP contribution is -2.39. The van der Waals surface area contributed by atoms with Gasteiger partial charge in [-0.1, -0.05) is 0 Å². The molecule has 0 aliphatic heterocycles. The molecule has 1 aromatic heterocycles. The molecule has 1 heterocycles. The molecule has 0 spiro atoms. The third-order valence-electron chi connectivity index (χ3n) is 2.51. The van der Waals surface area contributed by atoms with Crippen LogP contribution in [0.2, 0.25) is 0 Å². The molecule has 0 aliphatic rings. The number of aromatic nitrogens is 1. The van der Waals surface area contributed by atoms with Gasteiger partial charge in [0.1, 0.15) is 11.7 Å². The smallest absolute Gasteiger partial charge is 0.328 e. The van der Waals surface area contributed by atoms with Gasteiger partial charge in [0.05, 0.1) is 7.11 Å². The van der Waals surface area contributed by atoms with E-state index in [0.29, 0.717) is 5.69 Å². The molecule has 1 aromatic rings. The average Bonchev–Trinajstić information content (AvgIpc) is 2.58. The summed E-state index contributed by atoms with van der Waals surface area (Å²) in [6.45, 7) is 3.49. The number of hydrogen-bond donors (Lipinski definition) is 1. The minimum atomic E-state index is -0.646. The molecule has 0 radical (unpaired) electrons. The van der Waals surface area contributed by atoms with Gasteiger partial charge in [-0.2, -0.15) is 0 Å². The maximum atomic E-state index is 11.8. The highest BCUT2D eigenvalue weighted by Gasteiger charge is 2.18. The quantitative estimate of drug-likeness (QED) is 0.766. The predicted octanol–water partition coefficient (Wildman–Crippen LogP) is 0.625. The van der Waals surface area contributed by atoms with E-state index in [0.717, 1.165) is 5.69 Å². The monoisotopic (exact) mass is 224 g/mol. The van der Waals surface area contributed by atoms with Crippen LogP contribution >= 0.6 is 0 Å². The molecule has 0 aromatic carbocycles. The minimum Gasteiger partial charge on any atom is -0.467 e. The number of esters is 1. The second-order valence-electron chi connectivity index (χ2n) is 3.64. The fourth-order valence-corrected chi connectivity index (χ4v) is 1.35. The molecule has 1 atom stereocenters. The van der Waals surface area contributed by atoms with Crippen LogP contribution in [0.25, 0.3) is 0 Å². The molecule has 1 amide bonds. The summed E-state index contributed by atoms with van der Waals surface area (Å²) in [7, 11) is 3.09. The molecule has 88 valence electrons. The molecule has 1 N–H and O–H groups in total. The molecule has 0 bridgehead atoms. The van der Waals surface area contributed by atoms with E-state index in [2.05, 4.69) is 10.1 Å². The highest BCUT2D eigenvalue weighted by molar-refractivity contribution is 5.95. The standard InChI is InChI=1S/C11H16N2O3/c1-7-5-6-9(13(7)3)10(14)12-8(2)11(15)16-4/h5-6,8H,1-4H3,(H,12,14)/t8-/m0/s1. The Morgan fingerprint density at radius 3 is 2.50 bits per heavy atom. The van der Waals surface area contributed by atoms with Crippen LogP contribution in [0.4, 0.5) is 0 Å². The summed E-state index contributed by atoms with van der Waals surface area (Å²) in [5, 5.41) is 2.57. The first-order valence-electron chi connectivity index (χ1n) is 4.98. The molecule has 16 heavy (non-hydrogen) atoms. The van der Waals surface area contributed by atoms with Crippen LogP contribution < -0.4 is 5.32 Å². The zero-order valence-electron chi connectivity index (χ0n) is 9.90. The molecule has 0 fully saturated rings. The molecule has 0 saturated carbocycles. The maximum absolute atomic E-state index is 11.8. The first-order chi connectivity index (χ1) is 7.47. The van der Waals surface area contributed by atoms with Crippen molar-refractivity contribution >= 4 is 11.9 Å². The number of hydrogen-bond acceptors (Lipinski definition) is 3. The fourth-order valence-electron chi connectivity index (χ4n) is 1.35. The van der Waals surface area contributed by atoms with Gasteiger partial charge in [-0.25, -0.2) is 4.79 Å². The first-order valence-corrected chi connectivity index (χ1v) is 4.98. The van der Waals surface area contributed by atoms with Gasteiger partial charge >= 0.3 is 5.97 Å². The van der Waals surface area contributed by atoms with Crippen molar-refractivity contribution in [3.63, 3.8) is 0 Å². The Kier molecular flexibility index (Phi) is 3.71. The Balaban J connectivity index is 2.73. The van der Waals surface area contributed by atoms with Crippen LogP contribution in [-0.4, -0.2) is 29.6 Å². The lowest BCUT2D eigenvalue weighted by Gasteiger charge is -2.12. The van der Waals surface area contributed by atoms with Gasteiger partial charge in [0.2, 0.25) is 0 Å². The predicted molar refractivity (Wildman–Crippen MR) is 59.1 cm³/mol. The number of nitrogens with zero attached hydrogens (tertiary/aromatic N) is 1. The van der Waals surface area contributed by atoms with E-state index in [-0.39, 0.29) is 5.91 Å². The van der Waals surface area contributed by atoms with Gasteiger partial charge in [-0.05, 0) is 26.0 Å². The maximum Gasteiger partial charge on any atom is 0.328 e. The number of ether oxygens (including phenoxy) is 1. The molecule has 0 saturated heterocycles. The Morgan fingerprint density at radius 2 is 2.06 bits per heavy atom. The fraction of sp³-hybridized carbons (Fsp3) is 0.455. The Morgan fingerprint density at radius 1 is 1.44 bits per heavy atom. The third kappa shape index (κ3) is 2.42. The zero-order valence-corrected chi connectivity index (χ0v) is 9.90. The van der Waals surface area contributed by atoms with Crippen LogP contribution in [-0.2, 0) is 16.6 Å². The van der Waals surface area contributed by atoms with Gasteiger partial charge in [0.15, 0.2) is 0 Å². The summed E-state index contributed by atoms with van der Waals surface area (Å²) >= 11 is 0. The number of carbonyl (C=O) groups is 2. The lowest BCUT2D eigenvalue weighted by molar-refractivity contribution is -0.142. The van der Waals surface area contributed by atoms with E-state index < -0.39 is 12.0 Å². The number of rotatable bonds is 3. The van der Waals surface area contributed by atoms with Crippen molar-refractivity contribution in [1.29, 1.82) is 0 Å². The number of amides is 1. The van der Waals surface area contributed by atoms with Crippen LogP contribution in [0.5, 0.6) is 0 Å². The highest BCUT2D eigenvalue weighted by Crippen LogP contribution is 2.05. The second kappa shape index (κ2) is 4.83. The van der Waals surface area contributed by atoms with E-state index in [1.807, 2.05) is 13.0 Å². The van der Waals surface area contributed by atoms with Crippen LogP contribution in [0.3, 0.4) is 0 Å². The summed E-state index contributed by atoms with van der Waals surface area (Å²) < 4.78 is 6.29. The van der Waals surface area contributed by atoms with Crippen molar-refractivity contribution in [2.75, 3.05) is 7.11 Å². The van der Waals surface area contributed by atoms with Gasteiger partial charge in [0.25, 0.3) is 5.91 Å².